The molecule has 103 heavy (non-hydrogen) atoms. The van der Waals surface area contributed by atoms with Gasteiger partial charge in [0.1, 0.15) is 71.9 Å². The third kappa shape index (κ3) is 26.5. The summed E-state index contributed by atoms with van der Waals surface area (Å²) in [6.45, 7) is 29.3. The molecule has 3 rings (SSSR count). The van der Waals surface area contributed by atoms with Gasteiger partial charge in [-0.1, -0.05) is 127 Å². The summed E-state index contributed by atoms with van der Waals surface area (Å²) in [5.41, 5.74) is 1.31. The van der Waals surface area contributed by atoms with Crippen LogP contribution in [0.5, 0.6) is 23.0 Å². The monoisotopic (exact) mass is 1450 g/mol. The van der Waals surface area contributed by atoms with Crippen LogP contribution in [0.15, 0.2) is 48.6 Å². The number of phenolic OH excluding ortho intramolecular Hbond substituents is 4. The Balaban J connectivity index is 0.00000171. The van der Waals surface area contributed by atoms with Crippen molar-refractivity contribution in [3.63, 3.8) is 0 Å². The van der Waals surface area contributed by atoms with Gasteiger partial charge in [0.25, 0.3) is 0 Å². The highest BCUT2D eigenvalue weighted by atomic mass is 16.3. The fourth-order valence-electron chi connectivity index (χ4n) is 12.2. The molecule has 578 valence electrons. The third-order valence-electron chi connectivity index (χ3n) is 18.5. The summed E-state index contributed by atoms with van der Waals surface area (Å²) < 4.78 is 0. The molecule has 1 aliphatic rings. The van der Waals surface area contributed by atoms with Gasteiger partial charge in [-0.15, -0.1) is 0 Å². The van der Waals surface area contributed by atoms with Crippen molar-refractivity contribution in [2.24, 2.45) is 41.4 Å². The Morgan fingerprint density at radius 3 is 1.38 bits per heavy atom. The SMILES string of the molecule is C/C=C/C[C@@H](C)[C@@H](O)[C@H]1C(=O)N[C@@H](CC)C(=O)N(C)CC(=O)N(C)[C@@H](CC(C)C)C(=O)N[C@@H](C(C)C)C(=O)N(C)[C@@H](CC(C)C)C(=O)N[C@@H](C)C(=O)N[C@H](C)C(=O)N(C)[C@@H](CC(C)C)C(=O)N(C)[C@@H](CC(C)C)C(=O)N(C)[C@@H](C(C)C)C(=O)N1C.Oc1cc(O)cc(/C=C/c2ccc(O)c(O)c2)c1. The summed E-state index contributed by atoms with van der Waals surface area (Å²) in [7, 11) is 9.92. The van der Waals surface area contributed by atoms with Gasteiger partial charge in [-0.25, -0.2) is 0 Å². The molecule has 1 fully saturated rings. The van der Waals surface area contributed by atoms with E-state index in [-0.39, 0.29) is 78.8 Å². The van der Waals surface area contributed by atoms with Crippen LogP contribution in [-0.2, 0) is 52.7 Å². The zero-order chi connectivity index (χ0) is 79.1. The summed E-state index contributed by atoms with van der Waals surface area (Å²) in [5, 5.41) is 60.2. The van der Waals surface area contributed by atoms with Crippen LogP contribution >= 0.6 is 0 Å². The van der Waals surface area contributed by atoms with Gasteiger partial charge in [0.05, 0.1) is 12.6 Å². The second kappa shape index (κ2) is 41.5. The number of nitrogens with one attached hydrogen (secondary N) is 4. The van der Waals surface area contributed by atoms with Gasteiger partial charge >= 0.3 is 0 Å². The van der Waals surface area contributed by atoms with Gasteiger partial charge in [0.2, 0.25) is 65.0 Å². The molecule has 0 aromatic heterocycles. The Labute approximate surface area is 611 Å². The van der Waals surface area contributed by atoms with E-state index in [0.29, 0.717) is 17.5 Å². The van der Waals surface area contributed by atoms with Crippen LogP contribution in [0.4, 0.5) is 0 Å². The lowest BCUT2D eigenvalue weighted by Crippen LogP contribution is -2.63. The lowest BCUT2D eigenvalue weighted by molar-refractivity contribution is -0.157. The molecule has 27 nitrogen and oxygen atoms in total. The van der Waals surface area contributed by atoms with Crippen molar-refractivity contribution in [1.29, 1.82) is 0 Å². The zero-order valence-corrected chi connectivity index (χ0v) is 65.5. The van der Waals surface area contributed by atoms with E-state index in [1.807, 2.05) is 61.5 Å². The van der Waals surface area contributed by atoms with E-state index in [1.165, 1.54) is 118 Å². The summed E-state index contributed by atoms with van der Waals surface area (Å²) in [6, 6.07) is -3.67. The maximum absolute atomic E-state index is 15.1. The van der Waals surface area contributed by atoms with Crippen molar-refractivity contribution in [2.45, 2.75) is 223 Å². The van der Waals surface area contributed by atoms with Crippen LogP contribution in [-0.4, -0.2) is 247 Å². The Morgan fingerprint density at radius 1 is 0.456 bits per heavy atom. The van der Waals surface area contributed by atoms with E-state index >= 15 is 9.59 Å². The number of nitrogens with zero attached hydrogens (tertiary/aromatic N) is 7. The van der Waals surface area contributed by atoms with E-state index in [2.05, 4.69) is 21.3 Å². The van der Waals surface area contributed by atoms with Crippen LogP contribution in [0.2, 0.25) is 0 Å². The molecule has 0 radical (unpaired) electrons. The molecule has 1 saturated heterocycles. The van der Waals surface area contributed by atoms with Crippen molar-refractivity contribution in [1.82, 2.24) is 55.6 Å². The summed E-state index contributed by atoms with van der Waals surface area (Å²) in [5.74, 6) is -10.1. The number of aliphatic hydroxyl groups is 1. The van der Waals surface area contributed by atoms with E-state index < -0.39 is 156 Å². The minimum atomic E-state index is -1.61. The van der Waals surface area contributed by atoms with Gasteiger partial charge in [-0.05, 0) is 136 Å². The molecule has 2 aromatic carbocycles. The highest BCUT2D eigenvalue weighted by Gasteiger charge is 2.46. The van der Waals surface area contributed by atoms with Gasteiger partial charge in [-0.2, -0.15) is 0 Å². The van der Waals surface area contributed by atoms with Crippen LogP contribution < -0.4 is 21.3 Å². The average Bonchev–Trinajstić information content (AvgIpc) is 0.807. The molecule has 0 spiro atoms. The fourth-order valence-corrected chi connectivity index (χ4v) is 12.2. The average molecular weight is 1450 g/mol. The molecule has 9 N–H and O–H groups in total. The number of rotatable bonds is 17. The Kier molecular flexibility index (Phi) is 36.4. The Bertz CT molecular complexity index is 3260. The number of carbonyl (C=O) groups excluding carboxylic acids is 11. The first-order valence-corrected chi connectivity index (χ1v) is 35.8. The topological polar surface area (TPSA) is 360 Å². The lowest BCUT2D eigenvalue weighted by atomic mass is 9.91. The van der Waals surface area contributed by atoms with E-state index in [4.69, 9.17) is 5.11 Å². The number of aliphatic hydroxyl groups excluding tert-OH is 1. The number of aromatic hydroxyl groups is 4. The Hall–Kier alpha value is -8.75. The molecule has 0 saturated carbocycles. The predicted octanol–water partition coefficient (Wildman–Crippen LogP) is 5.95. The van der Waals surface area contributed by atoms with E-state index in [1.54, 1.807) is 72.8 Å². The molecular weight excluding hydrogens is 1320 g/mol. The Morgan fingerprint density at radius 2 is 0.903 bits per heavy atom. The quantitative estimate of drug-likeness (QED) is 0.0502. The molecule has 1 aliphatic heterocycles. The van der Waals surface area contributed by atoms with Crippen LogP contribution in [0.25, 0.3) is 12.2 Å². The number of likely N-dealkylation sites (N-methyl/N-ethyl adjacent to an activating group) is 7. The highest BCUT2D eigenvalue weighted by Crippen LogP contribution is 2.29. The van der Waals surface area contributed by atoms with Gasteiger partial charge < -0.3 is 81.1 Å². The molecule has 0 bridgehead atoms. The number of allylic oxidation sites excluding steroid dienone is 2. The molecule has 0 aliphatic carbocycles. The largest absolute Gasteiger partial charge is 0.508 e. The van der Waals surface area contributed by atoms with Crippen LogP contribution in [0, 0.1) is 41.4 Å². The second-order valence-corrected chi connectivity index (χ2v) is 30.0. The third-order valence-corrected chi connectivity index (χ3v) is 18.5. The van der Waals surface area contributed by atoms with E-state index in [9.17, 15) is 63.6 Å². The number of amides is 11. The highest BCUT2D eigenvalue weighted by molar-refractivity contribution is 5.99. The molecule has 0 unspecified atom stereocenters. The molecule has 11 amide bonds. The van der Waals surface area contributed by atoms with Crippen molar-refractivity contribution < 1.29 is 78.3 Å². The molecule has 12 atom stereocenters. The van der Waals surface area contributed by atoms with Crippen molar-refractivity contribution in [3.05, 3.63) is 59.7 Å². The van der Waals surface area contributed by atoms with Crippen LogP contribution in [0.1, 0.15) is 167 Å². The lowest BCUT2D eigenvalue weighted by Gasteiger charge is -2.41. The normalized spacial score (nSPS) is 24.1. The first kappa shape index (κ1) is 90.3. The summed E-state index contributed by atoms with van der Waals surface area (Å²) >= 11 is 0. The zero-order valence-electron chi connectivity index (χ0n) is 65.5. The van der Waals surface area contributed by atoms with Gasteiger partial charge in [0.15, 0.2) is 11.5 Å². The number of phenols is 4. The molecule has 27 heteroatoms. The van der Waals surface area contributed by atoms with Gasteiger partial charge in [-0.3, -0.25) is 52.7 Å². The van der Waals surface area contributed by atoms with Crippen molar-refractivity contribution >= 4 is 77.1 Å². The summed E-state index contributed by atoms with van der Waals surface area (Å²) in [4.78, 5) is 169. The first-order valence-electron chi connectivity index (χ1n) is 35.8. The fraction of sp³-hybridized carbons (Fsp3) is 0.645. The standard InChI is InChI=1S/C62H111N11O12.C14H12O4/c1-25-27-28-40(15)52(75)51-56(79)65-43(26-2)58(81)67(18)33-48(74)68(19)44(29-34(3)4)55(78)66-49(38(11)12)61(84)69(20)45(30-35(5)6)54(77)63-41(16)53(76)64-42(17)57(80)70(21)46(31-36(7)8)59(82)71(22)47(32-37(9)10)60(83)72(23)50(39(13)14)62(85)73(51)24;15-11-5-10(6-12(16)8-11)2-1-9-3-4-13(17)14(18)7-9/h25,27,34-47,49-52,75H,26,28-33H2,1-24H3,(H,63,77)(H,64,76)(H,65,79)(H,66,78);1-8,15-18H/b27-25+;2-1+/t40-,41+,42-,43+,44+,45+,46+,47+,49+,50+,51+,52-;/m1./s1. The van der Waals surface area contributed by atoms with E-state index in [0.717, 1.165) is 9.80 Å². The van der Waals surface area contributed by atoms with Crippen LogP contribution in [0.3, 0.4) is 0 Å². The minimum Gasteiger partial charge on any atom is -0.508 e. The number of hydrogen-bond acceptors (Lipinski definition) is 16. The minimum absolute atomic E-state index is 0.0229. The number of hydrogen-bond donors (Lipinski definition) is 9. The number of carbonyl (C=O) groups is 11. The first-order chi connectivity index (χ1) is 47.8. The molecule has 1 heterocycles. The molecular formula is C76H123N11O16. The second-order valence-electron chi connectivity index (χ2n) is 30.0. The van der Waals surface area contributed by atoms with Crippen molar-refractivity contribution in [3.8, 4) is 23.0 Å². The van der Waals surface area contributed by atoms with Crippen molar-refractivity contribution in [2.75, 3.05) is 55.9 Å². The maximum atomic E-state index is 15.1. The number of benzene rings is 2. The maximum Gasteiger partial charge on any atom is 0.246 e. The predicted molar refractivity (Wildman–Crippen MR) is 397 cm³/mol. The summed E-state index contributed by atoms with van der Waals surface area (Å²) in [6.07, 6.45) is 6.40. The molecule has 2 aromatic rings. The van der Waals surface area contributed by atoms with Gasteiger partial charge in [0, 0.05) is 55.4 Å². The smallest absolute Gasteiger partial charge is 0.246 e.